The van der Waals surface area contributed by atoms with Crippen LogP contribution in [0.3, 0.4) is 0 Å². The zero-order chi connectivity index (χ0) is 16.9. The van der Waals surface area contributed by atoms with E-state index in [2.05, 4.69) is 10.4 Å². The highest BCUT2D eigenvalue weighted by Crippen LogP contribution is 2.31. The average Bonchev–Trinajstić information content (AvgIpc) is 3.25. The molecule has 128 valence electrons. The number of carbonyl (C=O) groups is 1. The lowest BCUT2D eigenvalue weighted by molar-refractivity contribution is 0.101. The average molecular weight is 328 g/mol. The summed E-state index contributed by atoms with van der Waals surface area (Å²) >= 11 is 0. The lowest BCUT2D eigenvalue weighted by Gasteiger charge is -2.25. The minimum Gasteiger partial charge on any atom is -0.375 e. The third kappa shape index (κ3) is 3.59. The Morgan fingerprint density at radius 2 is 2.21 bits per heavy atom. The monoisotopic (exact) mass is 328 g/mol. The molecule has 0 unspecified atom stereocenters. The van der Waals surface area contributed by atoms with Gasteiger partial charge in [0.05, 0.1) is 18.3 Å². The molecule has 1 saturated heterocycles. The topological polar surface area (TPSA) is 59.4 Å². The van der Waals surface area contributed by atoms with Crippen LogP contribution in [0.25, 0.3) is 0 Å². The van der Waals surface area contributed by atoms with Gasteiger partial charge in [-0.2, -0.15) is 5.10 Å². The van der Waals surface area contributed by atoms with Gasteiger partial charge in [-0.25, -0.2) is 4.79 Å². The first-order valence-electron chi connectivity index (χ1n) is 8.30. The standard InChI is InChI=1S/C18H24N4O2/c1-21-13-15(11-20-21)16-9-6-10-22(16)18(23)19-12-17(24-2)14-7-4-3-5-8-14/h3-5,7-8,11,13,16-17H,6,9-10,12H2,1-2H3,(H,19,23)/t16-,17+/m0/s1. The summed E-state index contributed by atoms with van der Waals surface area (Å²) in [6.07, 6.45) is 5.68. The number of hydrogen-bond donors (Lipinski definition) is 1. The van der Waals surface area contributed by atoms with Gasteiger partial charge in [-0.15, -0.1) is 0 Å². The summed E-state index contributed by atoms with van der Waals surface area (Å²) in [6.45, 7) is 1.23. The predicted molar refractivity (Wildman–Crippen MR) is 91.5 cm³/mol. The van der Waals surface area contributed by atoms with Crippen molar-refractivity contribution < 1.29 is 9.53 Å². The SMILES string of the molecule is CO[C@H](CNC(=O)N1CCC[C@H]1c1cnn(C)c1)c1ccccc1. The summed E-state index contributed by atoms with van der Waals surface area (Å²) < 4.78 is 7.30. The number of rotatable bonds is 5. The second-order valence-corrected chi connectivity index (χ2v) is 6.12. The summed E-state index contributed by atoms with van der Waals surface area (Å²) in [4.78, 5) is 14.5. The van der Waals surface area contributed by atoms with Crippen LogP contribution in [0.2, 0.25) is 0 Å². The second-order valence-electron chi connectivity index (χ2n) is 6.12. The number of benzene rings is 1. The third-order valence-corrected chi connectivity index (χ3v) is 4.52. The molecule has 0 bridgehead atoms. The summed E-state index contributed by atoms with van der Waals surface area (Å²) in [5, 5.41) is 7.24. The number of aromatic nitrogens is 2. The number of nitrogens with zero attached hydrogens (tertiary/aromatic N) is 3. The number of likely N-dealkylation sites (tertiary alicyclic amines) is 1. The summed E-state index contributed by atoms with van der Waals surface area (Å²) in [7, 11) is 3.56. The van der Waals surface area contributed by atoms with Crippen LogP contribution in [0.1, 0.15) is 36.1 Å². The highest BCUT2D eigenvalue weighted by Gasteiger charge is 2.31. The van der Waals surface area contributed by atoms with Crippen LogP contribution in [-0.2, 0) is 11.8 Å². The summed E-state index contributed by atoms with van der Waals surface area (Å²) in [6, 6.07) is 10.0. The van der Waals surface area contributed by atoms with E-state index >= 15 is 0 Å². The number of aryl methyl sites for hydroxylation is 1. The molecule has 0 aliphatic carbocycles. The van der Waals surface area contributed by atoms with E-state index in [0.717, 1.165) is 30.5 Å². The molecule has 1 aromatic carbocycles. The van der Waals surface area contributed by atoms with E-state index in [1.165, 1.54) is 0 Å². The molecule has 3 rings (SSSR count). The molecule has 0 saturated carbocycles. The molecule has 2 amide bonds. The number of amides is 2. The fourth-order valence-electron chi connectivity index (χ4n) is 3.26. The van der Waals surface area contributed by atoms with Crippen molar-refractivity contribution in [3.8, 4) is 0 Å². The molecule has 1 N–H and O–H groups in total. The van der Waals surface area contributed by atoms with Gasteiger partial charge < -0.3 is 15.0 Å². The Morgan fingerprint density at radius 1 is 1.42 bits per heavy atom. The van der Waals surface area contributed by atoms with E-state index in [4.69, 9.17) is 4.74 Å². The minimum atomic E-state index is -0.144. The fourth-order valence-corrected chi connectivity index (χ4v) is 3.26. The van der Waals surface area contributed by atoms with Crippen LogP contribution >= 0.6 is 0 Å². The Kier molecular flexibility index (Phi) is 5.15. The number of carbonyl (C=O) groups excluding carboxylic acids is 1. The van der Waals surface area contributed by atoms with Gasteiger partial charge in [0.25, 0.3) is 0 Å². The molecule has 6 nitrogen and oxygen atoms in total. The van der Waals surface area contributed by atoms with E-state index in [-0.39, 0.29) is 18.2 Å². The molecule has 2 atom stereocenters. The zero-order valence-electron chi connectivity index (χ0n) is 14.2. The number of urea groups is 1. The van der Waals surface area contributed by atoms with Gasteiger partial charge in [-0.3, -0.25) is 4.68 Å². The van der Waals surface area contributed by atoms with E-state index in [1.807, 2.05) is 54.7 Å². The number of nitrogens with one attached hydrogen (secondary N) is 1. The first-order valence-corrected chi connectivity index (χ1v) is 8.30. The van der Waals surface area contributed by atoms with E-state index in [0.29, 0.717) is 6.54 Å². The Morgan fingerprint density at radius 3 is 2.88 bits per heavy atom. The van der Waals surface area contributed by atoms with Crippen molar-refractivity contribution in [2.45, 2.75) is 25.0 Å². The van der Waals surface area contributed by atoms with Crippen LogP contribution in [0.4, 0.5) is 4.79 Å². The Labute approximate surface area is 142 Å². The number of ether oxygens (including phenoxy) is 1. The maximum Gasteiger partial charge on any atom is 0.318 e. The van der Waals surface area contributed by atoms with Crippen LogP contribution in [0, 0.1) is 0 Å². The van der Waals surface area contributed by atoms with Gasteiger partial charge in [-0.1, -0.05) is 30.3 Å². The molecular formula is C18H24N4O2. The Balaban J connectivity index is 1.61. The molecule has 1 aromatic heterocycles. The minimum absolute atomic E-state index is 0.0423. The van der Waals surface area contributed by atoms with Gasteiger partial charge in [0.1, 0.15) is 0 Å². The first kappa shape index (κ1) is 16.5. The second kappa shape index (κ2) is 7.49. The van der Waals surface area contributed by atoms with Gasteiger partial charge >= 0.3 is 6.03 Å². The van der Waals surface area contributed by atoms with E-state index < -0.39 is 0 Å². The van der Waals surface area contributed by atoms with Gasteiger partial charge in [0.15, 0.2) is 0 Å². The maximum absolute atomic E-state index is 12.6. The molecule has 1 aliphatic rings. The highest BCUT2D eigenvalue weighted by atomic mass is 16.5. The molecule has 2 aromatic rings. The lowest BCUT2D eigenvalue weighted by Crippen LogP contribution is -2.41. The number of methoxy groups -OCH3 is 1. The van der Waals surface area contributed by atoms with Crippen LogP contribution in [-0.4, -0.2) is 40.9 Å². The fraction of sp³-hybridized carbons (Fsp3) is 0.444. The molecule has 0 radical (unpaired) electrons. The van der Waals surface area contributed by atoms with Crippen molar-refractivity contribution in [3.05, 3.63) is 53.9 Å². The van der Waals surface area contributed by atoms with Crippen molar-refractivity contribution in [2.24, 2.45) is 7.05 Å². The van der Waals surface area contributed by atoms with Gasteiger partial charge in [-0.05, 0) is 18.4 Å². The molecule has 2 heterocycles. The third-order valence-electron chi connectivity index (χ3n) is 4.52. The molecular weight excluding hydrogens is 304 g/mol. The Bertz CT molecular complexity index is 671. The van der Waals surface area contributed by atoms with Crippen LogP contribution in [0.5, 0.6) is 0 Å². The van der Waals surface area contributed by atoms with Crippen molar-refractivity contribution >= 4 is 6.03 Å². The van der Waals surface area contributed by atoms with Crippen molar-refractivity contribution in [1.82, 2.24) is 20.0 Å². The van der Waals surface area contributed by atoms with E-state index in [9.17, 15) is 4.79 Å². The maximum atomic E-state index is 12.6. The lowest BCUT2D eigenvalue weighted by atomic mass is 10.1. The van der Waals surface area contributed by atoms with E-state index in [1.54, 1.807) is 11.8 Å². The van der Waals surface area contributed by atoms with Crippen molar-refractivity contribution in [1.29, 1.82) is 0 Å². The smallest absolute Gasteiger partial charge is 0.318 e. The summed E-state index contributed by atoms with van der Waals surface area (Å²) in [5.74, 6) is 0. The highest BCUT2D eigenvalue weighted by molar-refractivity contribution is 5.75. The quantitative estimate of drug-likeness (QED) is 0.918. The largest absolute Gasteiger partial charge is 0.375 e. The van der Waals surface area contributed by atoms with Gasteiger partial charge in [0.2, 0.25) is 0 Å². The number of hydrogen-bond acceptors (Lipinski definition) is 3. The van der Waals surface area contributed by atoms with Gasteiger partial charge in [0, 0.05) is 39.0 Å². The summed E-state index contributed by atoms with van der Waals surface area (Å²) in [5.41, 5.74) is 2.15. The molecule has 24 heavy (non-hydrogen) atoms. The van der Waals surface area contributed by atoms with Crippen LogP contribution < -0.4 is 5.32 Å². The van der Waals surface area contributed by atoms with Crippen molar-refractivity contribution in [3.63, 3.8) is 0 Å². The predicted octanol–water partition coefficient (Wildman–Crippen LogP) is 2.65. The van der Waals surface area contributed by atoms with Crippen molar-refractivity contribution in [2.75, 3.05) is 20.2 Å². The normalized spacial score (nSPS) is 18.6. The molecule has 1 fully saturated rings. The zero-order valence-corrected chi connectivity index (χ0v) is 14.2. The molecule has 1 aliphatic heterocycles. The van der Waals surface area contributed by atoms with Crippen LogP contribution in [0.15, 0.2) is 42.7 Å². The molecule has 0 spiro atoms. The molecule has 6 heteroatoms. The first-order chi connectivity index (χ1) is 11.7. The Hall–Kier alpha value is -2.34.